The molecule has 28 heavy (non-hydrogen) atoms. The molecule has 2 aromatic carbocycles. The Balaban J connectivity index is 1.76. The molecule has 2 nitrogen and oxygen atoms in total. The molecule has 4 heteroatoms. The van der Waals surface area contributed by atoms with Gasteiger partial charge in [-0.15, -0.1) is 0 Å². The molecule has 1 aliphatic carbocycles. The van der Waals surface area contributed by atoms with E-state index in [9.17, 15) is 5.26 Å². The highest BCUT2D eigenvalue weighted by molar-refractivity contribution is 9.11. The van der Waals surface area contributed by atoms with E-state index in [-0.39, 0.29) is 0 Å². The molecular weight excluding hydrogens is 476 g/mol. The average Bonchev–Trinajstić information content (AvgIpc) is 3.22. The third kappa shape index (κ3) is 4.87. The van der Waals surface area contributed by atoms with Crippen LogP contribution < -0.4 is 0 Å². The minimum atomic E-state index is -0.428. The number of hydrogen-bond donors (Lipinski definition) is 0. The summed E-state index contributed by atoms with van der Waals surface area (Å²) in [6, 6.07) is 19.6. The molecule has 1 fully saturated rings. The fourth-order valence-electron chi connectivity index (χ4n) is 4.68. The van der Waals surface area contributed by atoms with Crippen LogP contribution in [0, 0.1) is 17.2 Å². The first-order valence-electron chi connectivity index (χ1n) is 10.1. The van der Waals surface area contributed by atoms with Gasteiger partial charge in [-0.3, -0.25) is 0 Å². The Hall–Kier alpha value is -1.15. The maximum absolute atomic E-state index is 10.4. The van der Waals surface area contributed by atoms with Crippen LogP contribution in [0.1, 0.15) is 49.7 Å². The van der Waals surface area contributed by atoms with E-state index in [0.717, 1.165) is 53.3 Å². The highest BCUT2D eigenvalue weighted by Crippen LogP contribution is 2.49. The van der Waals surface area contributed by atoms with Crippen LogP contribution in [-0.4, -0.2) is 18.5 Å². The van der Waals surface area contributed by atoms with Gasteiger partial charge in [-0.25, -0.2) is 0 Å². The fourth-order valence-corrected chi connectivity index (χ4v) is 6.39. The number of benzene rings is 2. The van der Waals surface area contributed by atoms with Crippen LogP contribution in [0.4, 0.5) is 0 Å². The van der Waals surface area contributed by atoms with Gasteiger partial charge in [0.1, 0.15) is 0 Å². The standard InChI is InChI=1S/C24H28Br2N2/c1-28(17-19-9-3-2-4-10-19)16-8-15-24(18-27,20-11-5-6-12-20)23-21(25)13-7-14-22(23)26/h2-4,7,9-10,13-14,20H,5-6,8,11-12,15-17H2,1H3. The highest BCUT2D eigenvalue weighted by atomic mass is 79.9. The average molecular weight is 504 g/mol. The maximum Gasteiger partial charge on any atom is 0.0872 e. The summed E-state index contributed by atoms with van der Waals surface area (Å²) in [6.07, 6.45) is 6.70. The molecule has 0 heterocycles. The topological polar surface area (TPSA) is 27.0 Å². The molecule has 0 radical (unpaired) electrons. The third-order valence-corrected chi connectivity index (χ3v) is 7.39. The maximum atomic E-state index is 10.4. The van der Waals surface area contributed by atoms with Crippen LogP contribution >= 0.6 is 31.9 Å². The van der Waals surface area contributed by atoms with Gasteiger partial charge in [0.15, 0.2) is 0 Å². The van der Waals surface area contributed by atoms with Crippen molar-refractivity contribution in [2.24, 2.45) is 5.92 Å². The van der Waals surface area contributed by atoms with E-state index in [1.807, 2.05) is 6.07 Å². The largest absolute Gasteiger partial charge is 0.302 e. The van der Waals surface area contributed by atoms with Crippen LogP contribution in [-0.2, 0) is 12.0 Å². The molecule has 2 aromatic rings. The van der Waals surface area contributed by atoms with Crippen molar-refractivity contribution in [1.29, 1.82) is 5.26 Å². The van der Waals surface area contributed by atoms with E-state index in [1.165, 1.54) is 18.4 Å². The summed E-state index contributed by atoms with van der Waals surface area (Å²) >= 11 is 7.49. The summed E-state index contributed by atoms with van der Waals surface area (Å²) in [5.74, 6) is 0.437. The SMILES string of the molecule is CN(CCCC(C#N)(c1c(Br)cccc1Br)C1CCCC1)Cc1ccccc1. The van der Waals surface area contributed by atoms with Gasteiger partial charge in [-0.05, 0) is 62.9 Å². The molecule has 1 unspecified atom stereocenters. The van der Waals surface area contributed by atoms with Gasteiger partial charge in [0.05, 0.1) is 11.5 Å². The minimum Gasteiger partial charge on any atom is -0.302 e. The van der Waals surface area contributed by atoms with Crippen LogP contribution in [0.2, 0.25) is 0 Å². The lowest BCUT2D eigenvalue weighted by atomic mass is 9.67. The molecule has 0 amide bonds. The van der Waals surface area contributed by atoms with Crippen molar-refractivity contribution in [2.75, 3.05) is 13.6 Å². The van der Waals surface area contributed by atoms with Crippen molar-refractivity contribution in [3.05, 3.63) is 68.6 Å². The van der Waals surface area contributed by atoms with Gasteiger partial charge in [-0.1, -0.05) is 81.1 Å². The molecule has 1 saturated carbocycles. The van der Waals surface area contributed by atoms with Crippen molar-refractivity contribution in [2.45, 2.75) is 50.5 Å². The summed E-state index contributed by atoms with van der Waals surface area (Å²) in [7, 11) is 2.17. The van der Waals surface area contributed by atoms with Gasteiger partial charge in [0, 0.05) is 21.1 Å². The molecule has 0 saturated heterocycles. The summed E-state index contributed by atoms with van der Waals surface area (Å²) in [5, 5.41) is 10.4. The predicted molar refractivity (Wildman–Crippen MR) is 123 cm³/mol. The van der Waals surface area contributed by atoms with Gasteiger partial charge < -0.3 is 4.90 Å². The molecule has 0 bridgehead atoms. The fraction of sp³-hybridized carbons (Fsp3) is 0.458. The monoisotopic (exact) mass is 502 g/mol. The second kappa shape index (κ2) is 10.1. The first-order valence-corrected chi connectivity index (χ1v) is 11.7. The molecule has 0 aliphatic heterocycles. The number of nitriles is 1. The number of halogens is 2. The zero-order chi connectivity index (χ0) is 20.0. The van der Waals surface area contributed by atoms with E-state index < -0.39 is 5.41 Å². The molecule has 3 rings (SSSR count). The Kier molecular flexibility index (Phi) is 7.74. The number of hydrogen-bond acceptors (Lipinski definition) is 2. The van der Waals surface area contributed by atoms with E-state index in [4.69, 9.17) is 0 Å². The minimum absolute atomic E-state index is 0.428. The zero-order valence-corrected chi connectivity index (χ0v) is 19.7. The normalized spacial score (nSPS) is 16.8. The van der Waals surface area contributed by atoms with E-state index in [2.05, 4.69) is 92.3 Å². The van der Waals surface area contributed by atoms with Gasteiger partial charge in [-0.2, -0.15) is 5.26 Å². The Morgan fingerprint density at radius 1 is 1.04 bits per heavy atom. The quantitative estimate of drug-likeness (QED) is 0.385. The molecule has 0 spiro atoms. The van der Waals surface area contributed by atoms with Gasteiger partial charge in [0.25, 0.3) is 0 Å². The molecule has 1 aliphatic rings. The summed E-state index contributed by atoms with van der Waals surface area (Å²) in [4.78, 5) is 2.36. The molecule has 0 N–H and O–H groups in total. The van der Waals surface area contributed by atoms with E-state index >= 15 is 0 Å². The summed E-state index contributed by atoms with van der Waals surface area (Å²) in [6.45, 7) is 1.94. The third-order valence-electron chi connectivity index (χ3n) is 6.07. The lowest BCUT2D eigenvalue weighted by Crippen LogP contribution is -2.34. The Labute approximate surface area is 186 Å². The first kappa shape index (κ1) is 21.6. The predicted octanol–water partition coefficient (Wildman–Crippen LogP) is 7.08. The second-order valence-electron chi connectivity index (χ2n) is 7.99. The molecule has 0 aromatic heterocycles. The summed E-state index contributed by atoms with van der Waals surface area (Å²) < 4.78 is 2.10. The van der Waals surface area contributed by atoms with E-state index in [0.29, 0.717) is 5.92 Å². The molecule has 148 valence electrons. The molecular formula is C24H28Br2N2. The highest BCUT2D eigenvalue weighted by Gasteiger charge is 2.43. The lowest BCUT2D eigenvalue weighted by Gasteiger charge is -2.35. The Bertz CT molecular complexity index is 789. The molecule has 1 atom stereocenters. The van der Waals surface area contributed by atoms with Crippen LogP contribution in [0.15, 0.2) is 57.5 Å². The van der Waals surface area contributed by atoms with Crippen molar-refractivity contribution >= 4 is 31.9 Å². The van der Waals surface area contributed by atoms with Crippen LogP contribution in [0.5, 0.6) is 0 Å². The summed E-state index contributed by atoms with van der Waals surface area (Å²) in [5.41, 5.74) is 2.05. The number of rotatable bonds is 8. The smallest absolute Gasteiger partial charge is 0.0872 e. The van der Waals surface area contributed by atoms with Crippen LogP contribution in [0.25, 0.3) is 0 Å². The first-order chi connectivity index (χ1) is 13.6. The Morgan fingerprint density at radius 2 is 1.68 bits per heavy atom. The second-order valence-corrected chi connectivity index (χ2v) is 9.70. The van der Waals surface area contributed by atoms with Crippen molar-refractivity contribution in [3.8, 4) is 6.07 Å². The van der Waals surface area contributed by atoms with Crippen molar-refractivity contribution in [3.63, 3.8) is 0 Å². The number of nitrogens with zero attached hydrogens (tertiary/aromatic N) is 2. The van der Waals surface area contributed by atoms with Crippen LogP contribution in [0.3, 0.4) is 0 Å². The van der Waals surface area contributed by atoms with Gasteiger partial charge in [0.2, 0.25) is 0 Å². The Morgan fingerprint density at radius 3 is 2.29 bits per heavy atom. The van der Waals surface area contributed by atoms with Crippen molar-refractivity contribution < 1.29 is 0 Å². The zero-order valence-electron chi connectivity index (χ0n) is 16.5. The van der Waals surface area contributed by atoms with Crippen molar-refractivity contribution in [1.82, 2.24) is 4.90 Å². The lowest BCUT2D eigenvalue weighted by molar-refractivity contribution is 0.271. The van der Waals surface area contributed by atoms with E-state index in [1.54, 1.807) is 0 Å². The van der Waals surface area contributed by atoms with Gasteiger partial charge >= 0.3 is 0 Å².